The highest BCUT2D eigenvalue weighted by Gasteiger charge is 2.40. The summed E-state index contributed by atoms with van der Waals surface area (Å²) in [7, 11) is 1.79. The van der Waals surface area contributed by atoms with E-state index in [-0.39, 0.29) is 0 Å². The molecule has 90 valence electrons. The first-order valence-electron chi connectivity index (χ1n) is 6.38. The first kappa shape index (κ1) is 13.0. The van der Waals surface area contributed by atoms with Gasteiger partial charge < -0.3 is 10.1 Å². The molecule has 0 bridgehead atoms. The highest BCUT2D eigenvalue weighted by Crippen LogP contribution is 2.49. The Morgan fingerprint density at radius 1 is 1.27 bits per heavy atom. The minimum absolute atomic E-state index is 0.669. The molecule has 0 radical (unpaired) electrons. The predicted molar refractivity (Wildman–Crippen MR) is 65.1 cm³/mol. The molecule has 1 rings (SSSR count). The van der Waals surface area contributed by atoms with E-state index in [9.17, 15) is 0 Å². The van der Waals surface area contributed by atoms with Gasteiger partial charge in [0.15, 0.2) is 0 Å². The summed E-state index contributed by atoms with van der Waals surface area (Å²) < 4.78 is 5.07. The zero-order valence-electron chi connectivity index (χ0n) is 10.6. The van der Waals surface area contributed by atoms with E-state index in [2.05, 4.69) is 19.2 Å². The standard InChI is InChI=1S/C13H27NO/c1-12(2)10-14-11-13(7-8-13)6-4-5-9-15-3/h12,14H,4-11H2,1-3H3. The highest BCUT2D eigenvalue weighted by atomic mass is 16.5. The van der Waals surface area contributed by atoms with Gasteiger partial charge in [-0.15, -0.1) is 0 Å². The van der Waals surface area contributed by atoms with Crippen LogP contribution in [0.15, 0.2) is 0 Å². The van der Waals surface area contributed by atoms with E-state index >= 15 is 0 Å². The molecule has 1 fully saturated rings. The summed E-state index contributed by atoms with van der Waals surface area (Å²) >= 11 is 0. The fraction of sp³-hybridized carbons (Fsp3) is 1.00. The molecule has 0 aromatic rings. The van der Waals surface area contributed by atoms with Crippen LogP contribution in [0.2, 0.25) is 0 Å². The zero-order valence-corrected chi connectivity index (χ0v) is 10.6. The lowest BCUT2D eigenvalue weighted by molar-refractivity contribution is 0.189. The third-order valence-electron chi connectivity index (χ3n) is 3.32. The number of hydrogen-bond donors (Lipinski definition) is 1. The molecule has 15 heavy (non-hydrogen) atoms. The van der Waals surface area contributed by atoms with Gasteiger partial charge in [-0.2, -0.15) is 0 Å². The molecule has 0 aromatic heterocycles. The SMILES string of the molecule is COCCCCC1(CNCC(C)C)CC1. The molecule has 0 aliphatic heterocycles. The second-order valence-electron chi connectivity index (χ2n) is 5.47. The number of ether oxygens (including phenoxy) is 1. The molecular weight excluding hydrogens is 186 g/mol. The van der Waals surface area contributed by atoms with Crippen molar-refractivity contribution >= 4 is 0 Å². The summed E-state index contributed by atoms with van der Waals surface area (Å²) in [6.07, 6.45) is 6.82. The third kappa shape index (κ3) is 5.53. The fourth-order valence-electron chi connectivity index (χ4n) is 2.06. The number of rotatable bonds is 9. The van der Waals surface area contributed by atoms with E-state index in [0.717, 1.165) is 12.5 Å². The molecule has 1 aliphatic rings. The van der Waals surface area contributed by atoms with Gasteiger partial charge in [0.1, 0.15) is 0 Å². The van der Waals surface area contributed by atoms with Crippen LogP contribution in [0.3, 0.4) is 0 Å². The molecule has 0 saturated heterocycles. The Bertz CT molecular complexity index is 164. The average molecular weight is 213 g/mol. The van der Waals surface area contributed by atoms with Crippen molar-refractivity contribution in [3.05, 3.63) is 0 Å². The minimum Gasteiger partial charge on any atom is -0.385 e. The Hall–Kier alpha value is -0.0800. The number of unbranched alkanes of at least 4 members (excludes halogenated alkanes) is 1. The van der Waals surface area contributed by atoms with Crippen molar-refractivity contribution in [3.63, 3.8) is 0 Å². The lowest BCUT2D eigenvalue weighted by Gasteiger charge is -2.16. The van der Waals surface area contributed by atoms with E-state index in [0.29, 0.717) is 5.41 Å². The summed E-state index contributed by atoms with van der Waals surface area (Å²) in [5.41, 5.74) is 0.669. The maximum atomic E-state index is 5.07. The third-order valence-corrected chi connectivity index (χ3v) is 3.32. The molecule has 0 atom stereocenters. The summed E-state index contributed by atoms with van der Waals surface area (Å²) in [4.78, 5) is 0. The van der Waals surface area contributed by atoms with Gasteiger partial charge in [-0.05, 0) is 43.6 Å². The molecule has 0 aromatic carbocycles. The van der Waals surface area contributed by atoms with E-state index in [1.807, 2.05) is 0 Å². The van der Waals surface area contributed by atoms with Crippen molar-refractivity contribution in [2.45, 2.75) is 46.0 Å². The molecule has 1 saturated carbocycles. The minimum atomic E-state index is 0.669. The van der Waals surface area contributed by atoms with Crippen LogP contribution >= 0.6 is 0 Å². The van der Waals surface area contributed by atoms with E-state index in [4.69, 9.17) is 4.74 Å². The van der Waals surface area contributed by atoms with Crippen molar-refractivity contribution in [2.75, 3.05) is 26.8 Å². The molecule has 2 heteroatoms. The van der Waals surface area contributed by atoms with Crippen LogP contribution in [-0.4, -0.2) is 26.8 Å². The van der Waals surface area contributed by atoms with Gasteiger partial charge in [-0.25, -0.2) is 0 Å². The molecule has 0 heterocycles. The van der Waals surface area contributed by atoms with Gasteiger partial charge in [0.05, 0.1) is 0 Å². The van der Waals surface area contributed by atoms with Crippen LogP contribution in [0.25, 0.3) is 0 Å². The van der Waals surface area contributed by atoms with Crippen molar-refractivity contribution < 1.29 is 4.74 Å². The van der Waals surface area contributed by atoms with Gasteiger partial charge in [0.2, 0.25) is 0 Å². The van der Waals surface area contributed by atoms with Gasteiger partial charge in [0, 0.05) is 20.3 Å². The highest BCUT2D eigenvalue weighted by molar-refractivity contribution is 4.94. The van der Waals surface area contributed by atoms with E-state index < -0.39 is 0 Å². The largest absolute Gasteiger partial charge is 0.385 e. The van der Waals surface area contributed by atoms with Crippen LogP contribution in [0, 0.1) is 11.3 Å². The molecule has 0 amide bonds. The van der Waals surface area contributed by atoms with E-state index in [1.165, 1.54) is 45.2 Å². The maximum absolute atomic E-state index is 5.07. The topological polar surface area (TPSA) is 21.3 Å². The molecule has 1 N–H and O–H groups in total. The Morgan fingerprint density at radius 3 is 2.53 bits per heavy atom. The summed E-state index contributed by atoms with van der Waals surface area (Å²) in [5, 5.41) is 3.60. The van der Waals surface area contributed by atoms with Crippen LogP contribution in [0.5, 0.6) is 0 Å². The molecule has 0 spiro atoms. The van der Waals surface area contributed by atoms with Crippen LogP contribution in [0.4, 0.5) is 0 Å². The van der Waals surface area contributed by atoms with Gasteiger partial charge in [-0.3, -0.25) is 0 Å². The van der Waals surface area contributed by atoms with Gasteiger partial charge in [-0.1, -0.05) is 20.3 Å². The summed E-state index contributed by atoms with van der Waals surface area (Å²) in [5.74, 6) is 0.772. The van der Waals surface area contributed by atoms with Crippen LogP contribution in [-0.2, 0) is 4.74 Å². The smallest absolute Gasteiger partial charge is 0.0462 e. The molecular formula is C13H27NO. The van der Waals surface area contributed by atoms with Gasteiger partial charge in [0.25, 0.3) is 0 Å². The van der Waals surface area contributed by atoms with Crippen LogP contribution < -0.4 is 5.32 Å². The quantitative estimate of drug-likeness (QED) is 0.595. The monoisotopic (exact) mass is 213 g/mol. The second-order valence-corrected chi connectivity index (χ2v) is 5.47. The Balaban J connectivity index is 2.01. The first-order chi connectivity index (χ1) is 7.18. The number of nitrogens with one attached hydrogen (secondary N) is 1. The van der Waals surface area contributed by atoms with Crippen LogP contribution in [0.1, 0.15) is 46.0 Å². The molecule has 1 aliphatic carbocycles. The van der Waals surface area contributed by atoms with Crippen molar-refractivity contribution in [1.29, 1.82) is 0 Å². The number of methoxy groups -OCH3 is 1. The molecule has 0 unspecified atom stereocenters. The first-order valence-corrected chi connectivity index (χ1v) is 6.38. The molecule has 2 nitrogen and oxygen atoms in total. The van der Waals surface area contributed by atoms with Crippen molar-refractivity contribution in [1.82, 2.24) is 5.32 Å². The lowest BCUT2D eigenvalue weighted by Crippen LogP contribution is -2.27. The maximum Gasteiger partial charge on any atom is 0.0462 e. The average Bonchev–Trinajstić information content (AvgIpc) is 2.93. The Morgan fingerprint density at radius 2 is 2.00 bits per heavy atom. The summed E-state index contributed by atoms with van der Waals surface area (Å²) in [6, 6.07) is 0. The van der Waals surface area contributed by atoms with Gasteiger partial charge >= 0.3 is 0 Å². The Labute approximate surface area is 94.8 Å². The lowest BCUT2D eigenvalue weighted by atomic mass is 9.99. The zero-order chi connectivity index (χ0) is 11.1. The normalized spacial score (nSPS) is 18.4. The number of hydrogen-bond acceptors (Lipinski definition) is 2. The Kier molecular flexibility index (Phi) is 5.62. The predicted octanol–water partition coefficient (Wildman–Crippen LogP) is 2.83. The summed E-state index contributed by atoms with van der Waals surface area (Å²) in [6.45, 7) is 7.86. The van der Waals surface area contributed by atoms with Crippen molar-refractivity contribution in [3.8, 4) is 0 Å². The fourth-order valence-corrected chi connectivity index (χ4v) is 2.06. The van der Waals surface area contributed by atoms with E-state index in [1.54, 1.807) is 7.11 Å². The second kappa shape index (κ2) is 6.49. The van der Waals surface area contributed by atoms with Crippen molar-refractivity contribution in [2.24, 2.45) is 11.3 Å².